The third kappa shape index (κ3) is 4.42. The van der Waals surface area contributed by atoms with Crippen molar-refractivity contribution >= 4 is 5.91 Å². The second-order valence-corrected chi connectivity index (χ2v) is 6.39. The zero-order valence-electron chi connectivity index (χ0n) is 13.6. The lowest BCUT2D eigenvalue weighted by Crippen LogP contribution is -2.36. The lowest BCUT2D eigenvalue weighted by Gasteiger charge is -2.28. The highest BCUT2D eigenvalue weighted by atomic mass is 16.1. The van der Waals surface area contributed by atoms with Crippen molar-refractivity contribution in [3.8, 4) is 0 Å². The van der Waals surface area contributed by atoms with Gasteiger partial charge in [0.05, 0.1) is 6.33 Å². The van der Waals surface area contributed by atoms with Gasteiger partial charge >= 0.3 is 0 Å². The minimum absolute atomic E-state index is 0.0245. The minimum atomic E-state index is 0.0245. The zero-order valence-corrected chi connectivity index (χ0v) is 13.6. The standard InChI is InChI=1S/C18H24N4O/c1-21-8-5-15(6-9-21)12-20-18(23)17-4-2-3-16(11-17)13-22-10-7-19-14-22/h2-4,7,10-11,14-15H,5-6,8-9,12-13H2,1H3,(H,20,23). The van der Waals surface area contributed by atoms with Gasteiger partial charge in [0.2, 0.25) is 0 Å². The second-order valence-electron chi connectivity index (χ2n) is 6.39. The Bertz CT molecular complexity index is 630. The first-order valence-electron chi connectivity index (χ1n) is 8.22. The average Bonchev–Trinajstić information content (AvgIpc) is 3.07. The SMILES string of the molecule is CN1CCC(CNC(=O)c2cccc(Cn3ccnc3)c2)CC1. The van der Waals surface area contributed by atoms with Gasteiger partial charge in [-0.25, -0.2) is 4.98 Å². The molecule has 2 aromatic rings. The Hall–Kier alpha value is -2.14. The molecule has 0 spiro atoms. The van der Waals surface area contributed by atoms with Crippen molar-refractivity contribution in [2.45, 2.75) is 19.4 Å². The molecule has 122 valence electrons. The lowest BCUT2D eigenvalue weighted by atomic mass is 9.97. The maximum atomic E-state index is 12.4. The van der Waals surface area contributed by atoms with Crippen LogP contribution in [0.1, 0.15) is 28.8 Å². The number of hydrogen-bond donors (Lipinski definition) is 1. The van der Waals surface area contributed by atoms with Crippen LogP contribution < -0.4 is 5.32 Å². The van der Waals surface area contributed by atoms with Crippen LogP contribution >= 0.6 is 0 Å². The summed E-state index contributed by atoms with van der Waals surface area (Å²) in [7, 11) is 2.15. The highest BCUT2D eigenvalue weighted by Crippen LogP contribution is 2.15. The van der Waals surface area contributed by atoms with Crippen molar-refractivity contribution in [1.82, 2.24) is 19.8 Å². The van der Waals surface area contributed by atoms with Crippen LogP contribution in [-0.2, 0) is 6.54 Å². The van der Waals surface area contributed by atoms with Gasteiger partial charge in [-0.15, -0.1) is 0 Å². The number of imidazole rings is 1. The predicted molar refractivity (Wildman–Crippen MR) is 90.3 cm³/mol. The first kappa shape index (κ1) is 15.7. The summed E-state index contributed by atoms with van der Waals surface area (Å²) in [5.41, 5.74) is 1.84. The summed E-state index contributed by atoms with van der Waals surface area (Å²) in [5.74, 6) is 0.626. The molecule has 0 unspecified atom stereocenters. The van der Waals surface area contributed by atoms with Crippen LogP contribution in [-0.4, -0.2) is 47.0 Å². The van der Waals surface area contributed by atoms with Crippen molar-refractivity contribution in [3.05, 3.63) is 54.1 Å². The number of piperidine rings is 1. The molecular weight excluding hydrogens is 288 g/mol. The number of hydrogen-bond acceptors (Lipinski definition) is 3. The van der Waals surface area contributed by atoms with E-state index in [0.29, 0.717) is 5.92 Å². The van der Waals surface area contributed by atoms with E-state index in [2.05, 4.69) is 22.2 Å². The minimum Gasteiger partial charge on any atom is -0.352 e. The summed E-state index contributed by atoms with van der Waals surface area (Å²) >= 11 is 0. The Morgan fingerprint density at radius 1 is 1.35 bits per heavy atom. The van der Waals surface area contributed by atoms with Crippen LogP contribution in [0.5, 0.6) is 0 Å². The van der Waals surface area contributed by atoms with Crippen LogP contribution in [0, 0.1) is 5.92 Å². The van der Waals surface area contributed by atoms with E-state index in [1.807, 2.05) is 35.0 Å². The quantitative estimate of drug-likeness (QED) is 0.919. The number of rotatable bonds is 5. The molecule has 1 aliphatic rings. The number of carbonyl (C=O) groups excluding carboxylic acids is 1. The molecule has 5 heteroatoms. The molecule has 0 atom stereocenters. The van der Waals surface area contributed by atoms with Gasteiger partial charge in [0.1, 0.15) is 0 Å². The monoisotopic (exact) mass is 312 g/mol. The van der Waals surface area contributed by atoms with Crippen molar-refractivity contribution in [1.29, 1.82) is 0 Å². The average molecular weight is 312 g/mol. The van der Waals surface area contributed by atoms with Crippen molar-refractivity contribution < 1.29 is 4.79 Å². The third-order valence-electron chi connectivity index (χ3n) is 4.50. The summed E-state index contributed by atoms with van der Waals surface area (Å²) in [6.07, 6.45) is 7.80. The first-order chi connectivity index (χ1) is 11.2. The zero-order chi connectivity index (χ0) is 16.1. The van der Waals surface area contributed by atoms with E-state index >= 15 is 0 Å². The van der Waals surface area contributed by atoms with Crippen molar-refractivity contribution in [2.75, 3.05) is 26.7 Å². The van der Waals surface area contributed by atoms with Gasteiger partial charge in [0.15, 0.2) is 0 Å². The molecule has 1 aliphatic heterocycles. The molecule has 23 heavy (non-hydrogen) atoms. The summed E-state index contributed by atoms with van der Waals surface area (Å²) in [6, 6.07) is 7.82. The van der Waals surface area contributed by atoms with Crippen LogP contribution in [0.4, 0.5) is 0 Å². The number of aromatic nitrogens is 2. The lowest BCUT2D eigenvalue weighted by molar-refractivity contribution is 0.0939. The number of nitrogens with zero attached hydrogens (tertiary/aromatic N) is 3. The van der Waals surface area contributed by atoms with E-state index in [-0.39, 0.29) is 5.91 Å². The molecule has 1 saturated heterocycles. The highest BCUT2D eigenvalue weighted by Gasteiger charge is 2.17. The Morgan fingerprint density at radius 2 is 2.17 bits per heavy atom. The molecule has 1 N–H and O–H groups in total. The summed E-state index contributed by atoms with van der Waals surface area (Å²) in [6.45, 7) is 3.76. The summed E-state index contributed by atoms with van der Waals surface area (Å²) < 4.78 is 2.00. The van der Waals surface area contributed by atoms with Crippen LogP contribution in [0.3, 0.4) is 0 Å². The molecule has 2 heterocycles. The number of amides is 1. The Balaban J connectivity index is 1.54. The molecule has 3 rings (SSSR count). The molecule has 5 nitrogen and oxygen atoms in total. The van der Waals surface area contributed by atoms with Gasteiger partial charge in [0.25, 0.3) is 5.91 Å². The molecule has 0 bridgehead atoms. The molecule has 1 aromatic heterocycles. The summed E-state index contributed by atoms with van der Waals surface area (Å²) in [5, 5.41) is 3.09. The normalized spacial score (nSPS) is 16.4. The Kier molecular flexibility index (Phi) is 5.08. The largest absolute Gasteiger partial charge is 0.352 e. The molecular formula is C18H24N4O. The Morgan fingerprint density at radius 3 is 2.91 bits per heavy atom. The maximum Gasteiger partial charge on any atom is 0.251 e. The second kappa shape index (κ2) is 7.42. The molecule has 0 saturated carbocycles. The smallest absolute Gasteiger partial charge is 0.251 e. The van der Waals surface area contributed by atoms with Crippen LogP contribution in [0.25, 0.3) is 0 Å². The van der Waals surface area contributed by atoms with E-state index in [1.165, 1.54) is 0 Å². The third-order valence-corrected chi connectivity index (χ3v) is 4.50. The predicted octanol–water partition coefficient (Wildman–Crippen LogP) is 2.00. The fraction of sp³-hybridized carbons (Fsp3) is 0.444. The van der Waals surface area contributed by atoms with E-state index in [1.54, 1.807) is 12.5 Å². The number of carbonyl (C=O) groups is 1. The van der Waals surface area contributed by atoms with Gasteiger partial charge in [-0.2, -0.15) is 0 Å². The van der Waals surface area contributed by atoms with E-state index < -0.39 is 0 Å². The van der Waals surface area contributed by atoms with Crippen LogP contribution in [0.15, 0.2) is 43.0 Å². The molecule has 1 amide bonds. The van der Waals surface area contributed by atoms with E-state index in [9.17, 15) is 4.79 Å². The van der Waals surface area contributed by atoms with Gasteiger partial charge < -0.3 is 14.8 Å². The van der Waals surface area contributed by atoms with Crippen LogP contribution in [0.2, 0.25) is 0 Å². The molecule has 0 radical (unpaired) electrons. The van der Waals surface area contributed by atoms with Crippen molar-refractivity contribution in [2.24, 2.45) is 5.92 Å². The topological polar surface area (TPSA) is 50.2 Å². The Labute approximate surface area is 137 Å². The van der Waals surface area contributed by atoms with Gasteiger partial charge in [-0.1, -0.05) is 12.1 Å². The van der Waals surface area contributed by atoms with Gasteiger partial charge in [-0.05, 0) is 56.6 Å². The number of nitrogens with one attached hydrogen (secondary N) is 1. The fourth-order valence-corrected chi connectivity index (χ4v) is 3.01. The van der Waals surface area contributed by atoms with E-state index in [0.717, 1.165) is 50.1 Å². The van der Waals surface area contributed by atoms with E-state index in [4.69, 9.17) is 0 Å². The maximum absolute atomic E-state index is 12.4. The molecule has 1 fully saturated rings. The van der Waals surface area contributed by atoms with Crippen molar-refractivity contribution in [3.63, 3.8) is 0 Å². The van der Waals surface area contributed by atoms with Gasteiger partial charge in [0, 0.05) is 31.0 Å². The first-order valence-corrected chi connectivity index (χ1v) is 8.22. The molecule has 0 aliphatic carbocycles. The fourth-order valence-electron chi connectivity index (χ4n) is 3.01. The number of benzene rings is 1. The van der Waals surface area contributed by atoms with Gasteiger partial charge in [-0.3, -0.25) is 4.79 Å². The summed E-state index contributed by atoms with van der Waals surface area (Å²) in [4.78, 5) is 18.8. The highest BCUT2D eigenvalue weighted by molar-refractivity contribution is 5.94. The molecule has 1 aromatic carbocycles. The number of likely N-dealkylation sites (tertiary alicyclic amines) is 1.